The molecule has 0 radical (unpaired) electrons. The smallest absolute Gasteiger partial charge is 0.416 e. The van der Waals surface area contributed by atoms with Crippen LogP contribution in [-0.4, -0.2) is 10.9 Å². The molecule has 22 heavy (non-hydrogen) atoms. The predicted molar refractivity (Wildman–Crippen MR) is 77.7 cm³/mol. The Morgan fingerprint density at radius 1 is 1.09 bits per heavy atom. The number of phenolic OH excluding ortho intramolecular Hbond substituents is 1. The minimum Gasteiger partial charge on any atom is -0.508 e. The van der Waals surface area contributed by atoms with Crippen molar-refractivity contribution in [3.8, 4) is 5.75 Å². The van der Waals surface area contributed by atoms with E-state index >= 15 is 0 Å². The second-order valence-electron chi connectivity index (χ2n) is 4.82. The summed E-state index contributed by atoms with van der Waals surface area (Å²) in [6.07, 6.45) is -1.58. The first-order chi connectivity index (χ1) is 10.3. The van der Waals surface area contributed by atoms with E-state index in [4.69, 9.17) is 0 Å². The van der Waals surface area contributed by atoms with E-state index < -0.39 is 11.7 Å². The van der Waals surface area contributed by atoms with E-state index in [0.29, 0.717) is 5.56 Å². The maximum absolute atomic E-state index is 12.4. The molecule has 5 heteroatoms. The molecule has 0 atom stereocenters. The highest BCUT2D eigenvalue weighted by Gasteiger charge is 2.30. The molecule has 1 N–H and O–H groups in total. The summed E-state index contributed by atoms with van der Waals surface area (Å²) < 4.78 is 37.3. The number of hydrogen-bond acceptors (Lipinski definition) is 2. The minimum atomic E-state index is -4.42. The number of aromatic hydroxyl groups is 1. The van der Waals surface area contributed by atoms with Crippen LogP contribution < -0.4 is 0 Å². The molecular weight excluding hydrogens is 293 g/mol. The summed E-state index contributed by atoms with van der Waals surface area (Å²) >= 11 is 0. The number of rotatable bonds is 3. The monoisotopic (exact) mass is 306 g/mol. The molecule has 0 amide bonds. The number of phenols is 1. The molecule has 2 aromatic carbocycles. The van der Waals surface area contributed by atoms with Gasteiger partial charge in [0.15, 0.2) is 5.78 Å². The molecular formula is C17H13F3O2. The van der Waals surface area contributed by atoms with Crippen molar-refractivity contribution in [3.63, 3.8) is 0 Å². The molecule has 0 aliphatic carbocycles. The fraction of sp³-hybridized carbons (Fsp3) is 0.118. The Kier molecular flexibility index (Phi) is 4.35. The van der Waals surface area contributed by atoms with Crippen LogP contribution in [-0.2, 0) is 6.18 Å². The lowest BCUT2D eigenvalue weighted by Gasteiger charge is -2.06. The zero-order valence-corrected chi connectivity index (χ0v) is 11.7. The van der Waals surface area contributed by atoms with Gasteiger partial charge in [0.1, 0.15) is 5.75 Å². The molecule has 0 aromatic heterocycles. The van der Waals surface area contributed by atoms with Crippen molar-refractivity contribution < 1.29 is 23.1 Å². The van der Waals surface area contributed by atoms with Crippen molar-refractivity contribution in [2.75, 3.05) is 0 Å². The van der Waals surface area contributed by atoms with Gasteiger partial charge in [0.2, 0.25) is 0 Å². The van der Waals surface area contributed by atoms with E-state index in [1.807, 2.05) is 0 Å². The van der Waals surface area contributed by atoms with Crippen molar-refractivity contribution in [3.05, 3.63) is 70.8 Å². The molecule has 2 aromatic rings. The highest BCUT2D eigenvalue weighted by Crippen LogP contribution is 2.29. The maximum atomic E-state index is 12.4. The summed E-state index contributed by atoms with van der Waals surface area (Å²) in [5.41, 5.74) is 0.779. The SMILES string of the molecule is Cc1cc(C=CC(=O)c2ccc(C(F)(F)F)cc2)ccc1O. The third-order valence-electron chi connectivity index (χ3n) is 3.14. The normalized spacial score (nSPS) is 11.8. The first-order valence-corrected chi connectivity index (χ1v) is 6.46. The van der Waals surface area contributed by atoms with Crippen LogP contribution in [0.4, 0.5) is 13.2 Å². The van der Waals surface area contributed by atoms with E-state index in [2.05, 4.69) is 0 Å². The van der Waals surface area contributed by atoms with Crippen molar-refractivity contribution in [2.24, 2.45) is 0 Å². The summed E-state index contributed by atoms with van der Waals surface area (Å²) in [6, 6.07) is 8.91. The van der Waals surface area contributed by atoms with Crippen molar-refractivity contribution in [2.45, 2.75) is 13.1 Å². The van der Waals surface area contributed by atoms with Crippen LogP contribution >= 0.6 is 0 Å². The Morgan fingerprint density at radius 2 is 1.73 bits per heavy atom. The van der Waals surface area contributed by atoms with E-state index in [-0.39, 0.29) is 17.1 Å². The summed E-state index contributed by atoms with van der Waals surface area (Å²) in [6.45, 7) is 1.73. The molecule has 0 saturated carbocycles. The molecule has 0 heterocycles. The van der Waals surface area contributed by atoms with E-state index in [9.17, 15) is 23.1 Å². The average Bonchev–Trinajstić information content (AvgIpc) is 2.47. The van der Waals surface area contributed by atoms with Crippen molar-refractivity contribution in [1.29, 1.82) is 0 Å². The third-order valence-corrected chi connectivity index (χ3v) is 3.14. The summed E-state index contributed by atoms with van der Waals surface area (Å²) in [4.78, 5) is 11.9. The van der Waals surface area contributed by atoms with E-state index in [0.717, 1.165) is 29.8 Å². The van der Waals surface area contributed by atoms with Gasteiger partial charge >= 0.3 is 6.18 Å². The van der Waals surface area contributed by atoms with Crippen LogP contribution in [0.15, 0.2) is 48.5 Å². The Morgan fingerprint density at radius 3 is 2.27 bits per heavy atom. The first-order valence-electron chi connectivity index (χ1n) is 6.46. The Hall–Kier alpha value is -2.56. The molecule has 0 spiro atoms. The van der Waals surface area contributed by atoms with Crippen LogP contribution in [0.1, 0.15) is 27.0 Å². The number of halogens is 3. The fourth-order valence-electron chi connectivity index (χ4n) is 1.87. The molecule has 0 fully saturated rings. The number of carbonyl (C=O) groups is 1. The Labute approximate surface area is 125 Å². The zero-order valence-electron chi connectivity index (χ0n) is 11.7. The number of benzene rings is 2. The second-order valence-corrected chi connectivity index (χ2v) is 4.82. The van der Waals surface area contributed by atoms with Gasteiger partial charge in [-0.1, -0.05) is 24.3 Å². The fourth-order valence-corrected chi connectivity index (χ4v) is 1.87. The van der Waals surface area contributed by atoms with Crippen molar-refractivity contribution >= 4 is 11.9 Å². The largest absolute Gasteiger partial charge is 0.508 e. The predicted octanol–water partition coefficient (Wildman–Crippen LogP) is 4.62. The molecule has 114 valence electrons. The van der Waals surface area contributed by atoms with Gasteiger partial charge in [-0.25, -0.2) is 0 Å². The lowest BCUT2D eigenvalue weighted by atomic mass is 10.1. The van der Waals surface area contributed by atoms with Gasteiger partial charge in [-0.05, 0) is 48.4 Å². The zero-order chi connectivity index (χ0) is 16.3. The van der Waals surface area contributed by atoms with Gasteiger partial charge in [-0.15, -0.1) is 0 Å². The molecule has 0 aliphatic heterocycles. The van der Waals surface area contributed by atoms with Gasteiger partial charge in [0.05, 0.1) is 5.56 Å². The van der Waals surface area contributed by atoms with Crippen LogP contribution in [0.5, 0.6) is 5.75 Å². The third kappa shape index (κ3) is 3.75. The van der Waals surface area contributed by atoms with Crippen LogP contribution in [0.3, 0.4) is 0 Å². The quantitative estimate of drug-likeness (QED) is 0.664. The first kappa shape index (κ1) is 15.8. The number of allylic oxidation sites excluding steroid dienone is 1. The summed E-state index contributed by atoms with van der Waals surface area (Å²) in [7, 11) is 0. The highest BCUT2D eigenvalue weighted by atomic mass is 19.4. The molecule has 2 rings (SSSR count). The standard InChI is InChI=1S/C17H13F3O2/c1-11-10-12(2-8-15(11)21)3-9-16(22)13-4-6-14(7-5-13)17(18,19)20/h2-10,21H,1H3. The maximum Gasteiger partial charge on any atom is 0.416 e. The van der Waals surface area contributed by atoms with Crippen LogP contribution in [0.25, 0.3) is 6.08 Å². The van der Waals surface area contributed by atoms with Gasteiger partial charge in [-0.3, -0.25) is 4.79 Å². The van der Waals surface area contributed by atoms with E-state index in [1.54, 1.807) is 25.1 Å². The molecule has 0 saturated heterocycles. The van der Waals surface area contributed by atoms with Gasteiger partial charge < -0.3 is 5.11 Å². The van der Waals surface area contributed by atoms with Gasteiger partial charge in [0.25, 0.3) is 0 Å². The lowest BCUT2D eigenvalue weighted by molar-refractivity contribution is -0.137. The molecule has 0 bridgehead atoms. The van der Waals surface area contributed by atoms with Gasteiger partial charge in [0, 0.05) is 5.56 Å². The minimum absolute atomic E-state index is 0.159. The molecule has 0 unspecified atom stereocenters. The Bertz CT molecular complexity index is 714. The highest BCUT2D eigenvalue weighted by molar-refractivity contribution is 6.06. The average molecular weight is 306 g/mol. The van der Waals surface area contributed by atoms with Crippen LogP contribution in [0.2, 0.25) is 0 Å². The van der Waals surface area contributed by atoms with Crippen LogP contribution in [0, 0.1) is 6.92 Å². The summed E-state index contributed by atoms with van der Waals surface area (Å²) in [5, 5.41) is 9.41. The number of ketones is 1. The molecule has 2 nitrogen and oxygen atoms in total. The number of aryl methyl sites for hydroxylation is 1. The number of hydrogen-bond donors (Lipinski definition) is 1. The van der Waals surface area contributed by atoms with Crippen molar-refractivity contribution in [1.82, 2.24) is 0 Å². The number of carbonyl (C=O) groups excluding carboxylic acids is 1. The number of alkyl halides is 3. The lowest BCUT2D eigenvalue weighted by Crippen LogP contribution is -2.05. The Balaban J connectivity index is 2.14. The topological polar surface area (TPSA) is 37.3 Å². The molecule has 0 aliphatic rings. The second kappa shape index (κ2) is 6.05. The summed E-state index contributed by atoms with van der Waals surface area (Å²) in [5.74, 6) is -0.231. The van der Waals surface area contributed by atoms with Gasteiger partial charge in [-0.2, -0.15) is 13.2 Å². The van der Waals surface area contributed by atoms with E-state index in [1.165, 1.54) is 12.1 Å².